The van der Waals surface area contributed by atoms with E-state index in [0.29, 0.717) is 19.5 Å². The molecule has 2 heterocycles. The lowest BCUT2D eigenvalue weighted by Gasteiger charge is -2.31. The third kappa shape index (κ3) is 1.25. The van der Waals surface area contributed by atoms with E-state index in [2.05, 4.69) is 5.32 Å². The highest BCUT2D eigenvalue weighted by Gasteiger charge is 2.50. The van der Waals surface area contributed by atoms with Crippen molar-refractivity contribution in [3.63, 3.8) is 0 Å². The molecule has 1 unspecified atom stereocenters. The molecule has 2 aliphatic heterocycles. The van der Waals surface area contributed by atoms with E-state index in [1.807, 2.05) is 6.92 Å². The number of piperidine rings is 1. The molecule has 2 fully saturated rings. The van der Waals surface area contributed by atoms with Crippen molar-refractivity contribution in [2.75, 3.05) is 19.6 Å². The number of carbonyl (C=O) groups excluding carboxylic acids is 2. The number of likely N-dealkylation sites (tertiary alicyclic amines) is 1. The number of carbonyl (C=O) groups is 2. The largest absolute Gasteiger partial charge is 0.316 e. The molecular formula is C10H16N2O2. The second-order valence-electron chi connectivity index (χ2n) is 4.18. The van der Waals surface area contributed by atoms with Crippen LogP contribution in [0.1, 0.15) is 26.2 Å². The SMILES string of the molecule is CCN1C(=O)CC2(CCCNC2)C1=O. The number of hydrogen-bond donors (Lipinski definition) is 1. The Hall–Kier alpha value is -0.900. The van der Waals surface area contributed by atoms with Crippen LogP contribution in [0.5, 0.6) is 0 Å². The zero-order valence-corrected chi connectivity index (χ0v) is 8.51. The first kappa shape index (κ1) is 9.65. The van der Waals surface area contributed by atoms with Crippen LogP contribution < -0.4 is 5.32 Å². The summed E-state index contributed by atoms with van der Waals surface area (Å²) in [6, 6.07) is 0. The predicted molar refractivity (Wildman–Crippen MR) is 51.5 cm³/mol. The monoisotopic (exact) mass is 196 g/mol. The Kier molecular flexibility index (Phi) is 2.31. The minimum absolute atomic E-state index is 0.00111. The molecule has 2 saturated heterocycles. The van der Waals surface area contributed by atoms with E-state index in [1.165, 1.54) is 4.90 Å². The maximum absolute atomic E-state index is 12.0. The quantitative estimate of drug-likeness (QED) is 0.607. The number of hydrogen-bond acceptors (Lipinski definition) is 3. The Morgan fingerprint density at radius 3 is 2.79 bits per heavy atom. The van der Waals surface area contributed by atoms with E-state index in [4.69, 9.17) is 0 Å². The standard InChI is InChI=1S/C10H16N2O2/c1-2-12-8(13)6-10(9(12)14)4-3-5-11-7-10/h11H,2-7H2,1H3. The molecular weight excluding hydrogens is 180 g/mol. The van der Waals surface area contributed by atoms with E-state index in [-0.39, 0.29) is 11.8 Å². The van der Waals surface area contributed by atoms with Gasteiger partial charge in [-0.2, -0.15) is 0 Å². The van der Waals surface area contributed by atoms with Crippen LogP contribution in [0.2, 0.25) is 0 Å². The Balaban J connectivity index is 2.21. The van der Waals surface area contributed by atoms with Crippen molar-refractivity contribution in [1.29, 1.82) is 0 Å². The number of imide groups is 1. The van der Waals surface area contributed by atoms with Crippen molar-refractivity contribution in [2.45, 2.75) is 26.2 Å². The molecule has 2 amide bonds. The first-order valence-corrected chi connectivity index (χ1v) is 5.25. The summed E-state index contributed by atoms with van der Waals surface area (Å²) in [5.41, 5.74) is -0.397. The van der Waals surface area contributed by atoms with Crippen molar-refractivity contribution < 1.29 is 9.59 Å². The van der Waals surface area contributed by atoms with Crippen molar-refractivity contribution in [2.24, 2.45) is 5.41 Å². The summed E-state index contributed by atoms with van der Waals surface area (Å²) in [6.07, 6.45) is 2.27. The van der Waals surface area contributed by atoms with Crippen LogP contribution in [0.25, 0.3) is 0 Å². The van der Waals surface area contributed by atoms with Gasteiger partial charge < -0.3 is 5.32 Å². The summed E-state index contributed by atoms with van der Waals surface area (Å²) in [6.45, 7) is 4.01. The number of rotatable bonds is 1. The molecule has 0 saturated carbocycles. The molecule has 78 valence electrons. The maximum atomic E-state index is 12.0. The average molecular weight is 196 g/mol. The molecule has 1 N–H and O–H groups in total. The third-order valence-corrected chi connectivity index (χ3v) is 3.28. The summed E-state index contributed by atoms with van der Waals surface area (Å²) in [4.78, 5) is 25.0. The van der Waals surface area contributed by atoms with Crippen LogP contribution in [0.15, 0.2) is 0 Å². The Morgan fingerprint density at radius 2 is 2.29 bits per heavy atom. The molecule has 0 radical (unpaired) electrons. The molecule has 1 atom stereocenters. The highest BCUT2D eigenvalue weighted by Crippen LogP contribution is 2.38. The summed E-state index contributed by atoms with van der Waals surface area (Å²) in [5.74, 6) is 0.0402. The van der Waals surface area contributed by atoms with Gasteiger partial charge >= 0.3 is 0 Å². The van der Waals surface area contributed by atoms with Gasteiger partial charge in [-0.3, -0.25) is 14.5 Å². The zero-order valence-electron chi connectivity index (χ0n) is 8.51. The molecule has 1 spiro atoms. The van der Waals surface area contributed by atoms with Crippen LogP contribution in [0.4, 0.5) is 0 Å². The zero-order chi connectivity index (χ0) is 10.2. The molecule has 4 nitrogen and oxygen atoms in total. The summed E-state index contributed by atoms with van der Waals surface area (Å²) >= 11 is 0. The van der Waals surface area contributed by atoms with E-state index in [9.17, 15) is 9.59 Å². The van der Waals surface area contributed by atoms with Crippen LogP contribution in [0, 0.1) is 5.41 Å². The first-order valence-electron chi connectivity index (χ1n) is 5.25. The van der Waals surface area contributed by atoms with Crippen molar-refractivity contribution in [1.82, 2.24) is 10.2 Å². The molecule has 0 aromatic rings. The van der Waals surface area contributed by atoms with Crippen molar-refractivity contribution in [3.8, 4) is 0 Å². The van der Waals surface area contributed by atoms with Crippen LogP contribution in [0.3, 0.4) is 0 Å². The van der Waals surface area contributed by atoms with Gasteiger partial charge in [-0.1, -0.05) is 0 Å². The van der Waals surface area contributed by atoms with Gasteiger partial charge in [0, 0.05) is 19.5 Å². The van der Waals surface area contributed by atoms with Gasteiger partial charge in [-0.25, -0.2) is 0 Å². The van der Waals surface area contributed by atoms with Crippen molar-refractivity contribution in [3.05, 3.63) is 0 Å². The van der Waals surface area contributed by atoms with E-state index >= 15 is 0 Å². The summed E-state index contributed by atoms with van der Waals surface area (Å²) in [5, 5.41) is 3.21. The smallest absolute Gasteiger partial charge is 0.237 e. The van der Waals surface area contributed by atoms with E-state index < -0.39 is 5.41 Å². The number of nitrogens with one attached hydrogen (secondary N) is 1. The van der Waals surface area contributed by atoms with Crippen LogP contribution in [-0.2, 0) is 9.59 Å². The number of nitrogens with zero attached hydrogens (tertiary/aromatic N) is 1. The molecule has 0 aromatic carbocycles. The second kappa shape index (κ2) is 3.35. The number of amides is 2. The molecule has 14 heavy (non-hydrogen) atoms. The topological polar surface area (TPSA) is 49.4 Å². The fraction of sp³-hybridized carbons (Fsp3) is 0.800. The minimum atomic E-state index is -0.397. The lowest BCUT2D eigenvalue weighted by atomic mass is 9.79. The third-order valence-electron chi connectivity index (χ3n) is 3.28. The second-order valence-corrected chi connectivity index (χ2v) is 4.18. The molecule has 2 rings (SSSR count). The van der Waals surface area contributed by atoms with E-state index in [0.717, 1.165) is 19.4 Å². The van der Waals surface area contributed by atoms with Crippen molar-refractivity contribution >= 4 is 11.8 Å². The highest BCUT2D eigenvalue weighted by atomic mass is 16.2. The highest BCUT2D eigenvalue weighted by molar-refractivity contribution is 6.06. The molecule has 0 aliphatic carbocycles. The lowest BCUT2D eigenvalue weighted by Crippen LogP contribution is -2.45. The Bertz CT molecular complexity index is 269. The average Bonchev–Trinajstić information content (AvgIpc) is 2.40. The molecule has 4 heteroatoms. The van der Waals surface area contributed by atoms with Gasteiger partial charge in [0.15, 0.2) is 0 Å². The normalized spacial score (nSPS) is 33.1. The molecule has 2 aliphatic rings. The van der Waals surface area contributed by atoms with Gasteiger partial charge in [-0.05, 0) is 26.3 Å². The lowest BCUT2D eigenvalue weighted by molar-refractivity contribution is -0.141. The summed E-state index contributed by atoms with van der Waals surface area (Å²) in [7, 11) is 0. The molecule has 0 bridgehead atoms. The van der Waals surface area contributed by atoms with Gasteiger partial charge in [0.05, 0.1) is 5.41 Å². The molecule has 0 aromatic heterocycles. The first-order chi connectivity index (χ1) is 6.69. The maximum Gasteiger partial charge on any atom is 0.237 e. The predicted octanol–water partition coefficient (Wildman–Crippen LogP) is 0.135. The Labute approximate surface area is 83.6 Å². The minimum Gasteiger partial charge on any atom is -0.316 e. The van der Waals surface area contributed by atoms with Gasteiger partial charge in [0.1, 0.15) is 0 Å². The van der Waals surface area contributed by atoms with Gasteiger partial charge in [0.25, 0.3) is 0 Å². The van der Waals surface area contributed by atoms with Gasteiger partial charge in [0.2, 0.25) is 11.8 Å². The fourth-order valence-corrected chi connectivity index (χ4v) is 2.48. The Morgan fingerprint density at radius 1 is 1.50 bits per heavy atom. The fourth-order valence-electron chi connectivity index (χ4n) is 2.48. The van der Waals surface area contributed by atoms with Crippen LogP contribution in [-0.4, -0.2) is 36.3 Å². The summed E-state index contributed by atoms with van der Waals surface area (Å²) < 4.78 is 0. The van der Waals surface area contributed by atoms with Gasteiger partial charge in [-0.15, -0.1) is 0 Å². The van der Waals surface area contributed by atoms with E-state index in [1.54, 1.807) is 0 Å². The van der Waals surface area contributed by atoms with Crippen LogP contribution >= 0.6 is 0 Å².